The van der Waals surface area contributed by atoms with Gasteiger partial charge in [-0.2, -0.15) is 5.10 Å². The molecule has 0 bridgehead atoms. The molecule has 3 N–H and O–H groups in total. The summed E-state index contributed by atoms with van der Waals surface area (Å²) in [4.78, 5) is 11.4. The van der Waals surface area contributed by atoms with E-state index in [2.05, 4.69) is 10.4 Å². The van der Waals surface area contributed by atoms with Crippen LogP contribution in [0.2, 0.25) is 0 Å². The summed E-state index contributed by atoms with van der Waals surface area (Å²) in [6.45, 7) is 0. The number of carbonyl (C=O) groups excluding carboxylic acids is 1. The van der Waals surface area contributed by atoms with Gasteiger partial charge in [0.15, 0.2) is 0 Å². The number of anilines is 1. The third kappa shape index (κ3) is 3.00. The highest BCUT2D eigenvalue weighted by Gasteiger charge is 2.14. The molecule has 2 rings (SSSR count). The van der Waals surface area contributed by atoms with Crippen molar-refractivity contribution in [1.82, 2.24) is 9.78 Å². The van der Waals surface area contributed by atoms with Gasteiger partial charge in [-0.3, -0.25) is 9.48 Å². The van der Waals surface area contributed by atoms with Crippen LogP contribution in [0.4, 0.5) is 10.1 Å². The summed E-state index contributed by atoms with van der Waals surface area (Å²) >= 11 is 0. The van der Waals surface area contributed by atoms with Crippen molar-refractivity contribution in [2.45, 2.75) is 4.90 Å². The van der Waals surface area contributed by atoms with Crippen LogP contribution in [0.5, 0.6) is 0 Å². The van der Waals surface area contributed by atoms with Crippen molar-refractivity contribution in [2.75, 3.05) is 5.32 Å². The summed E-state index contributed by atoms with van der Waals surface area (Å²) in [6.07, 6.45) is 2.79. The number of aromatic nitrogens is 2. The van der Waals surface area contributed by atoms with E-state index in [1.54, 1.807) is 7.05 Å². The molecule has 1 heterocycles. The summed E-state index contributed by atoms with van der Waals surface area (Å²) in [6, 6.07) is 2.98. The van der Waals surface area contributed by atoms with E-state index in [0.717, 1.165) is 18.2 Å². The zero-order chi connectivity index (χ0) is 14.9. The quantitative estimate of drug-likeness (QED) is 0.858. The highest BCUT2D eigenvalue weighted by atomic mass is 32.2. The average Bonchev–Trinajstić information content (AvgIpc) is 2.77. The van der Waals surface area contributed by atoms with Gasteiger partial charge in [-0.05, 0) is 18.2 Å². The number of hydrogen-bond donors (Lipinski definition) is 2. The second kappa shape index (κ2) is 5.02. The monoisotopic (exact) mass is 298 g/mol. The van der Waals surface area contributed by atoms with Gasteiger partial charge in [-0.15, -0.1) is 0 Å². The summed E-state index contributed by atoms with van der Waals surface area (Å²) in [5.74, 6) is -1.45. The molecule has 0 aliphatic carbocycles. The van der Waals surface area contributed by atoms with Crippen molar-refractivity contribution in [3.8, 4) is 0 Å². The fraction of sp³-hybridized carbons (Fsp3) is 0.0909. The number of hydrogen-bond acceptors (Lipinski definition) is 4. The fourth-order valence-corrected chi connectivity index (χ4v) is 2.03. The van der Waals surface area contributed by atoms with E-state index < -0.39 is 21.7 Å². The molecule has 0 radical (unpaired) electrons. The molecule has 0 spiro atoms. The van der Waals surface area contributed by atoms with Crippen molar-refractivity contribution in [1.29, 1.82) is 0 Å². The van der Waals surface area contributed by atoms with E-state index in [1.807, 2.05) is 0 Å². The number of carbonyl (C=O) groups is 1. The van der Waals surface area contributed by atoms with E-state index in [-0.39, 0.29) is 16.1 Å². The molecular weight excluding hydrogens is 287 g/mol. The van der Waals surface area contributed by atoms with Crippen LogP contribution in [-0.4, -0.2) is 24.1 Å². The van der Waals surface area contributed by atoms with Gasteiger partial charge >= 0.3 is 0 Å². The maximum atomic E-state index is 13.7. The normalized spacial score (nSPS) is 11.3. The first kappa shape index (κ1) is 14.2. The molecular formula is C11H11FN4O3S. The molecule has 0 unspecified atom stereocenters. The van der Waals surface area contributed by atoms with E-state index in [1.165, 1.54) is 17.1 Å². The van der Waals surface area contributed by atoms with Crippen molar-refractivity contribution >= 4 is 21.6 Å². The van der Waals surface area contributed by atoms with Crippen LogP contribution in [0.1, 0.15) is 10.4 Å². The number of primary sulfonamides is 1. The van der Waals surface area contributed by atoms with Crippen molar-refractivity contribution < 1.29 is 17.6 Å². The smallest absolute Gasteiger partial charge is 0.258 e. The Labute approximate surface area is 114 Å². The zero-order valence-electron chi connectivity index (χ0n) is 10.4. The van der Waals surface area contributed by atoms with Crippen molar-refractivity contribution in [3.05, 3.63) is 42.0 Å². The number of nitrogens with two attached hydrogens (primary N) is 1. The lowest BCUT2D eigenvalue weighted by Crippen LogP contribution is -2.15. The Morgan fingerprint density at radius 1 is 1.45 bits per heavy atom. The van der Waals surface area contributed by atoms with Gasteiger partial charge in [-0.1, -0.05) is 0 Å². The van der Waals surface area contributed by atoms with Gasteiger partial charge in [0.25, 0.3) is 5.91 Å². The lowest BCUT2D eigenvalue weighted by atomic mass is 10.2. The van der Waals surface area contributed by atoms with Crippen LogP contribution in [0.15, 0.2) is 35.5 Å². The molecule has 2 aromatic rings. The van der Waals surface area contributed by atoms with Crippen molar-refractivity contribution in [2.24, 2.45) is 12.2 Å². The number of rotatable bonds is 3. The SMILES string of the molecule is Cn1cc(C(=O)Nc2ccc(S(N)(=O)=O)cc2F)cn1. The van der Waals surface area contributed by atoms with Gasteiger partial charge in [0, 0.05) is 13.2 Å². The van der Waals surface area contributed by atoms with Crippen LogP contribution >= 0.6 is 0 Å². The molecule has 1 aromatic heterocycles. The molecule has 0 aliphatic rings. The Balaban J connectivity index is 2.25. The minimum Gasteiger partial charge on any atom is -0.319 e. The highest BCUT2D eigenvalue weighted by Crippen LogP contribution is 2.18. The van der Waals surface area contributed by atoms with Gasteiger partial charge in [-0.25, -0.2) is 17.9 Å². The molecule has 0 aliphatic heterocycles. The molecule has 20 heavy (non-hydrogen) atoms. The number of aryl methyl sites for hydroxylation is 1. The average molecular weight is 298 g/mol. The number of benzene rings is 1. The molecule has 9 heteroatoms. The van der Waals surface area contributed by atoms with E-state index >= 15 is 0 Å². The van der Waals surface area contributed by atoms with Gasteiger partial charge in [0.1, 0.15) is 5.82 Å². The Morgan fingerprint density at radius 3 is 2.65 bits per heavy atom. The van der Waals surface area contributed by atoms with Gasteiger partial charge < -0.3 is 5.32 Å². The van der Waals surface area contributed by atoms with Crippen LogP contribution in [-0.2, 0) is 17.1 Å². The third-order valence-electron chi connectivity index (χ3n) is 2.48. The minimum absolute atomic E-state index is 0.147. The topological polar surface area (TPSA) is 107 Å². The van der Waals surface area contributed by atoms with E-state index in [9.17, 15) is 17.6 Å². The second-order valence-electron chi connectivity index (χ2n) is 4.04. The van der Waals surface area contributed by atoms with Crippen LogP contribution < -0.4 is 10.5 Å². The zero-order valence-corrected chi connectivity index (χ0v) is 11.2. The van der Waals surface area contributed by atoms with E-state index in [0.29, 0.717) is 0 Å². The highest BCUT2D eigenvalue weighted by molar-refractivity contribution is 7.89. The van der Waals surface area contributed by atoms with E-state index in [4.69, 9.17) is 5.14 Å². The lowest BCUT2D eigenvalue weighted by Gasteiger charge is -2.06. The van der Waals surface area contributed by atoms with Gasteiger partial charge in [0.2, 0.25) is 10.0 Å². The Kier molecular flexibility index (Phi) is 3.55. The van der Waals surface area contributed by atoms with Crippen molar-refractivity contribution in [3.63, 3.8) is 0 Å². The number of halogens is 1. The molecule has 0 atom stereocenters. The second-order valence-corrected chi connectivity index (χ2v) is 5.60. The maximum absolute atomic E-state index is 13.7. The minimum atomic E-state index is -3.99. The Hall–Kier alpha value is -2.26. The largest absolute Gasteiger partial charge is 0.319 e. The molecule has 1 aromatic carbocycles. The number of sulfonamides is 1. The first-order valence-corrected chi connectivity index (χ1v) is 6.94. The molecule has 106 valence electrons. The predicted octanol–water partition coefficient (Wildman–Crippen LogP) is 0.459. The van der Waals surface area contributed by atoms with Crippen LogP contribution in [0, 0.1) is 5.82 Å². The Bertz CT molecular complexity index is 770. The summed E-state index contributed by atoms with van der Waals surface area (Å²) < 4.78 is 37.2. The molecule has 0 saturated carbocycles. The number of amides is 1. The first-order chi connectivity index (χ1) is 9.27. The van der Waals surface area contributed by atoms with Gasteiger partial charge in [0.05, 0.1) is 22.3 Å². The number of nitrogens with one attached hydrogen (secondary N) is 1. The summed E-state index contributed by atoms with van der Waals surface area (Å²) in [5.41, 5.74) is 0.105. The van der Waals surface area contributed by atoms with Crippen LogP contribution in [0.25, 0.3) is 0 Å². The first-order valence-electron chi connectivity index (χ1n) is 5.40. The standard InChI is InChI=1S/C11H11FN4O3S/c1-16-6-7(5-14-16)11(17)15-10-3-2-8(4-9(10)12)20(13,18)19/h2-6H,1H3,(H,15,17)(H2,13,18,19). The van der Waals surface area contributed by atoms with Crippen LogP contribution in [0.3, 0.4) is 0 Å². The molecule has 7 nitrogen and oxygen atoms in total. The summed E-state index contributed by atoms with van der Waals surface area (Å²) in [5, 5.41) is 11.0. The third-order valence-corrected chi connectivity index (χ3v) is 3.40. The Morgan fingerprint density at radius 2 is 2.15 bits per heavy atom. The predicted molar refractivity (Wildman–Crippen MR) is 68.9 cm³/mol. The maximum Gasteiger partial charge on any atom is 0.258 e. The summed E-state index contributed by atoms with van der Waals surface area (Å²) in [7, 11) is -2.35. The molecule has 0 fully saturated rings. The number of nitrogens with zero attached hydrogens (tertiary/aromatic N) is 2. The molecule has 0 saturated heterocycles. The fourth-order valence-electron chi connectivity index (χ4n) is 1.51. The molecule has 1 amide bonds. The lowest BCUT2D eigenvalue weighted by molar-refractivity contribution is 0.102.